The minimum Gasteiger partial charge on any atom is -0.454 e. The third-order valence-electron chi connectivity index (χ3n) is 14.1. The molecule has 10 aromatic carbocycles. The molecule has 0 N–H and O–H groups in total. The van der Waals surface area contributed by atoms with E-state index in [1.54, 1.807) is 0 Å². The molecule has 0 unspecified atom stereocenters. The molecule has 5 aromatic heterocycles. The van der Waals surface area contributed by atoms with E-state index < -0.39 is 0 Å². The Balaban J connectivity index is 1.06. The predicted molar refractivity (Wildman–Crippen MR) is 286 cm³/mol. The Morgan fingerprint density at radius 2 is 0.771 bits per heavy atom. The quantitative estimate of drug-likeness (QED) is 0.167. The van der Waals surface area contributed by atoms with Crippen LogP contribution >= 0.6 is 0 Å². The number of furan rings is 1. The summed E-state index contributed by atoms with van der Waals surface area (Å²) in [4.78, 5) is 15.5. The molecule has 0 aliphatic rings. The van der Waals surface area contributed by atoms with E-state index in [0.29, 0.717) is 17.5 Å². The fourth-order valence-electron chi connectivity index (χ4n) is 11.1. The number of fused-ring (bicyclic) bond motifs is 13. The molecule has 0 fully saturated rings. The second kappa shape index (κ2) is 15.0. The van der Waals surface area contributed by atoms with Gasteiger partial charge in [0.25, 0.3) is 0 Å². The van der Waals surface area contributed by atoms with E-state index in [2.05, 4.69) is 171 Å². The van der Waals surface area contributed by atoms with Gasteiger partial charge in [0.1, 0.15) is 5.58 Å². The molecular formula is C63H38N6O. The molecule has 0 spiro atoms. The van der Waals surface area contributed by atoms with Gasteiger partial charge in [-0.3, -0.25) is 0 Å². The van der Waals surface area contributed by atoms with Gasteiger partial charge in [-0.25, -0.2) is 15.0 Å². The molecule has 70 heavy (non-hydrogen) atoms. The van der Waals surface area contributed by atoms with E-state index in [9.17, 15) is 0 Å². The molecule has 7 heteroatoms. The molecule has 7 nitrogen and oxygen atoms in total. The van der Waals surface area contributed by atoms with Crippen molar-refractivity contribution >= 4 is 87.4 Å². The Labute approximate surface area is 400 Å². The first-order valence-electron chi connectivity index (χ1n) is 23.6. The summed E-state index contributed by atoms with van der Waals surface area (Å²) >= 11 is 0. The second-order valence-corrected chi connectivity index (χ2v) is 17.9. The van der Waals surface area contributed by atoms with E-state index in [0.717, 1.165) is 83.1 Å². The lowest BCUT2D eigenvalue weighted by Crippen LogP contribution is -2.01. The topological polar surface area (TPSA) is 66.6 Å². The van der Waals surface area contributed by atoms with E-state index in [4.69, 9.17) is 19.4 Å². The summed E-state index contributed by atoms with van der Waals surface area (Å²) < 4.78 is 14.3. The Morgan fingerprint density at radius 1 is 0.300 bits per heavy atom. The number of hydrogen-bond donors (Lipinski definition) is 0. The van der Waals surface area contributed by atoms with Crippen molar-refractivity contribution in [1.29, 1.82) is 0 Å². The molecule has 0 amide bonds. The predicted octanol–water partition coefficient (Wildman–Crippen LogP) is 16.1. The third kappa shape index (κ3) is 5.60. The van der Waals surface area contributed by atoms with Gasteiger partial charge in [-0.2, -0.15) is 0 Å². The van der Waals surface area contributed by atoms with Crippen LogP contribution in [0.2, 0.25) is 0 Å². The highest BCUT2D eigenvalue weighted by Gasteiger charge is 2.26. The fourth-order valence-corrected chi connectivity index (χ4v) is 11.1. The highest BCUT2D eigenvalue weighted by Crippen LogP contribution is 2.46. The molecule has 0 saturated carbocycles. The average Bonchev–Trinajstić information content (AvgIpc) is 4.18. The van der Waals surface area contributed by atoms with Gasteiger partial charge in [0.2, 0.25) is 0 Å². The summed E-state index contributed by atoms with van der Waals surface area (Å²) in [5.41, 5.74) is 14.1. The third-order valence-corrected chi connectivity index (χ3v) is 14.1. The van der Waals surface area contributed by atoms with Gasteiger partial charge in [0.15, 0.2) is 23.1 Å². The number of benzene rings is 10. The number of rotatable bonds is 6. The number of hydrogen-bond acceptors (Lipinski definition) is 4. The highest BCUT2D eigenvalue weighted by atomic mass is 16.3. The normalized spacial score (nSPS) is 12.0. The standard InChI is InChI=1S/C63H38N6O/c1-4-18-39(19-5-1)61-64-62(40-20-6-2-7-21-40)66-63(65-61)47-33-35-55(60-57(47)46-27-13-17-31-56(46)70-60)69-52-34-32-42(68-49-28-14-10-24-43(49)44-25-11-15-29-50(44)68)38-48(52)59-54(69)37-36-53-58(59)45-26-12-16-30-51(45)67(53)41-22-8-3-9-23-41/h1-38H. The first kappa shape index (κ1) is 38.5. The van der Waals surface area contributed by atoms with Crippen LogP contribution in [0.5, 0.6) is 0 Å². The van der Waals surface area contributed by atoms with Crippen molar-refractivity contribution in [3.63, 3.8) is 0 Å². The molecule has 0 bridgehead atoms. The first-order valence-corrected chi connectivity index (χ1v) is 23.6. The van der Waals surface area contributed by atoms with Gasteiger partial charge in [0.05, 0.1) is 38.8 Å². The van der Waals surface area contributed by atoms with Crippen LogP contribution in [-0.2, 0) is 0 Å². The van der Waals surface area contributed by atoms with Gasteiger partial charge in [0, 0.05) is 71.2 Å². The first-order chi connectivity index (χ1) is 34.7. The maximum atomic E-state index is 7.10. The van der Waals surface area contributed by atoms with Crippen LogP contribution in [-0.4, -0.2) is 28.7 Å². The summed E-state index contributed by atoms with van der Waals surface area (Å²) in [6, 6.07) is 81.4. The lowest BCUT2D eigenvalue weighted by molar-refractivity contribution is 0.666. The van der Waals surface area contributed by atoms with Crippen LogP contribution in [0.4, 0.5) is 0 Å². The van der Waals surface area contributed by atoms with E-state index in [-0.39, 0.29) is 0 Å². The Bertz CT molecular complexity index is 4470. The molecule has 0 aliphatic carbocycles. The van der Waals surface area contributed by atoms with Crippen molar-refractivity contribution in [3.05, 3.63) is 231 Å². The molecule has 15 rings (SSSR count). The summed E-state index contributed by atoms with van der Waals surface area (Å²) in [6.07, 6.45) is 0. The van der Waals surface area contributed by atoms with Crippen molar-refractivity contribution in [2.24, 2.45) is 0 Å². The zero-order valence-electron chi connectivity index (χ0n) is 37.5. The van der Waals surface area contributed by atoms with Gasteiger partial charge in [-0.1, -0.05) is 152 Å². The molecular weight excluding hydrogens is 857 g/mol. The van der Waals surface area contributed by atoms with Crippen LogP contribution in [0.3, 0.4) is 0 Å². The van der Waals surface area contributed by atoms with Crippen molar-refractivity contribution < 1.29 is 4.42 Å². The van der Waals surface area contributed by atoms with Crippen LogP contribution in [0.15, 0.2) is 235 Å². The maximum absolute atomic E-state index is 7.10. The number of aromatic nitrogens is 6. The van der Waals surface area contributed by atoms with E-state index in [1.165, 1.54) is 38.0 Å². The van der Waals surface area contributed by atoms with Gasteiger partial charge >= 0.3 is 0 Å². The van der Waals surface area contributed by atoms with Gasteiger partial charge in [-0.15, -0.1) is 0 Å². The van der Waals surface area contributed by atoms with Crippen molar-refractivity contribution in [1.82, 2.24) is 28.7 Å². The zero-order chi connectivity index (χ0) is 45.9. The molecule has 15 aromatic rings. The molecule has 5 heterocycles. The summed E-state index contributed by atoms with van der Waals surface area (Å²) in [5.74, 6) is 1.79. The minimum absolute atomic E-state index is 0.573. The lowest BCUT2D eigenvalue weighted by Gasteiger charge is -2.13. The Hall–Kier alpha value is -9.59. The van der Waals surface area contributed by atoms with Gasteiger partial charge in [-0.05, 0) is 78.9 Å². The van der Waals surface area contributed by atoms with Crippen LogP contribution in [0.1, 0.15) is 0 Å². The molecule has 0 saturated heterocycles. The minimum atomic E-state index is 0.573. The zero-order valence-corrected chi connectivity index (χ0v) is 37.5. The van der Waals surface area contributed by atoms with Crippen molar-refractivity contribution in [3.8, 4) is 51.2 Å². The van der Waals surface area contributed by atoms with Crippen molar-refractivity contribution in [2.45, 2.75) is 0 Å². The van der Waals surface area contributed by atoms with Crippen LogP contribution < -0.4 is 0 Å². The molecule has 0 radical (unpaired) electrons. The van der Waals surface area contributed by atoms with E-state index >= 15 is 0 Å². The van der Waals surface area contributed by atoms with Crippen LogP contribution in [0, 0.1) is 0 Å². The second-order valence-electron chi connectivity index (χ2n) is 17.9. The molecule has 0 aliphatic heterocycles. The highest BCUT2D eigenvalue weighted by molar-refractivity contribution is 6.29. The Kier molecular flexibility index (Phi) is 8.23. The maximum Gasteiger partial charge on any atom is 0.164 e. The summed E-state index contributed by atoms with van der Waals surface area (Å²) in [6.45, 7) is 0. The van der Waals surface area contributed by atoms with E-state index in [1.807, 2.05) is 72.8 Å². The number of para-hydroxylation sites is 5. The van der Waals surface area contributed by atoms with Gasteiger partial charge < -0.3 is 18.1 Å². The largest absolute Gasteiger partial charge is 0.454 e. The smallest absolute Gasteiger partial charge is 0.164 e. The average molecular weight is 895 g/mol. The lowest BCUT2D eigenvalue weighted by atomic mass is 10.0. The van der Waals surface area contributed by atoms with Crippen LogP contribution in [0.25, 0.3) is 139 Å². The Morgan fingerprint density at radius 3 is 1.43 bits per heavy atom. The molecule has 0 atom stereocenters. The number of nitrogens with zero attached hydrogens (tertiary/aromatic N) is 6. The SMILES string of the molecule is c1ccc(-c2nc(-c3ccccc3)nc(-c3ccc(-n4c5ccc(-n6c7ccccc7c7ccccc76)cc5c5c6c7ccccc7n(-c7ccccc7)c6ccc54)c4oc5ccccc5c34)n2)cc1. The monoisotopic (exact) mass is 894 g/mol. The van der Waals surface area contributed by atoms with Crippen molar-refractivity contribution in [2.75, 3.05) is 0 Å². The fraction of sp³-hybridized carbons (Fsp3) is 0. The summed E-state index contributed by atoms with van der Waals surface area (Å²) in [5, 5.41) is 9.09. The summed E-state index contributed by atoms with van der Waals surface area (Å²) in [7, 11) is 0. The molecule has 326 valence electrons.